The molecule has 2 N–H and O–H groups in total. The zero-order chi connectivity index (χ0) is 20.4. The van der Waals surface area contributed by atoms with Gasteiger partial charge in [0.1, 0.15) is 5.75 Å². The summed E-state index contributed by atoms with van der Waals surface area (Å²) in [5.74, 6) is 0.0694. The zero-order valence-corrected chi connectivity index (χ0v) is 17.3. The smallest absolute Gasteiger partial charge is 0.240 e. The van der Waals surface area contributed by atoms with Crippen LogP contribution in [0, 0.1) is 20.8 Å². The Morgan fingerprint density at radius 1 is 1.30 bits per heavy atom. The van der Waals surface area contributed by atoms with Crippen molar-refractivity contribution in [1.29, 1.82) is 0 Å². The fourth-order valence-electron chi connectivity index (χ4n) is 2.72. The maximum atomic E-state index is 12.7. The van der Waals surface area contributed by atoms with Crippen LogP contribution in [-0.2, 0) is 14.8 Å². The van der Waals surface area contributed by atoms with Crippen LogP contribution in [0.2, 0.25) is 0 Å². The summed E-state index contributed by atoms with van der Waals surface area (Å²) in [7, 11) is -2.31. The summed E-state index contributed by atoms with van der Waals surface area (Å²) >= 11 is 0. The number of nitrogens with one attached hydrogen (secondary N) is 2. The van der Waals surface area contributed by atoms with Gasteiger partial charge in [0.2, 0.25) is 15.9 Å². The molecule has 8 nitrogen and oxygen atoms in total. The summed E-state index contributed by atoms with van der Waals surface area (Å²) < 4.78 is 34.9. The molecule has 148 valence electrons. The molecule has 9 heteroatoms. The van der Waals surface area contributed by atoms with Crippen LogP contribution in [0.4, 0.5) is 5.69 Å². The van der Waals surface area contributed by atoms with Gasteiger partial charge in [-0.25, -0.2) is 13.1 Å². The Hall–Kier alpha value is -2.39. The van der Waals surface area contributed by atoms with E-state index in [0.717, 1.165) is 17.0 Å². The van der Waals surface area contributed by atoms with Gasteiger partial charge in [-0.2, -0.15) is 5.10 Å². The molecule has 2 rings (SSSR count). The monoisotopic (exact) mass is 394 g/mol. The van der Waals surface area contributed by atoms with E-state index in [1.165, 1.54) is 32.2 Å². The van der Waals surface area contributed by atoms with Gasteiger partial charge in [0.15, 0.2) is 0 Å². The lowest BCUT2D eigenvalue weighted by atomic mass is 10.2. The topological polar surface area (TPSA) is 102 Å². The number of methoxy groups -OCH3 is 1. The zero-order valence-electron chi connectivity index (χ0n) is 16.5. The highest BCUT2D eigenvalue weighted by Gasteiger charge is 2.20. The number of aryl methyl sites for hydroxylation is 1. The highest BCUT2D eigenvalue weighted by atomic mass is 32.2. The van der Waals surface area contributed by atoms with Crippen molar-refractivity contribution in [2.45, 2.75) is 45.6 Å². The molecule has 1 aromatic carbocycles. The molecule has 0 fully saturated rings. The summed E-state index contributed by atoms with van der Waals surface area (Å²) in [4.78, 5) is 11.4. The predicted molar refractivity (Wildman–Crippen MR) is 104 cm³/mol. The third-order valence-electron chi connectivity index (χ3n) is 4.47. The van der Waals surface area contributed by atoms with Gasteiger partial charge in [0, 0.05) is 19.2 Å². The van der Waals surface area contributed by atoms with E-state index in [1.54, 1.807) is 0 Å². The number of anilines is 1. The number of nitrogens with zero attached hydrogens (tertiary/aromatic N) is 2. The Balaban J connectivity index is 2.21. The summed E-state index contributed by atoms with van der Waals surface area (Å²) in [6.45, 7) is 9.31. The van der Waals surface area contributed by atoms with Crippen molar-refractivity contribution in [3.05, 3.63) is 35.2 Å². The molecular formula is C18H26N4O4S. The summed E-state index contributed by atoms with van der Waals surface area (Å²) in [5.41, 5.74) is 3.34. The Kier molecular flexibility index (Phi) is 6.27. The molecule has 1 heterocycles. The van der Waals surface area contributed by atoms with Crippen LogP contribution in [0.3, 0.4) is 0 Å². The van der Waals surface area contributed by atoms with E-state index >= 15 is 0 Å². The van der Waals surface area contributed by atoms with Crippen LogP contribution in [-0.4, -0.2) is 37.8 Å². The number of hydrogen-bond acceptors (Lipinski definition) is 5. The molecule has 27 heavy (non-hydrogen) atoms. The Morgan fingerprint density at radius 3 is 2.48 bits per heavy atom. The van der Waals surface area contributed by atoms with Crippen molar-refractivity contribution in [3.8, 4) is 5.75 Å². The average Bonchev–Trinajstić information content (AvgIpc) is 2.86. The van der Waals surface area contributed by atoms with Crippen molar-refractivity contribution in [2.24, 2.45) is 0 Å². The van der Waals surface area contributed by atoms with E-state index in [-0.39, 0.29) is 23.4 Å². The minimum Gasteiger partial charge on any atom is -0.495 e. The minimum atomic E-state index is -3.76. The highest BCUT2D eigenvalue weighted by molar-refractivity contribution is 7.89. The first-order chi connectivity index (χ1) is 12.6. The van der Waals surface area contributed by atoms with Crippen LogP contribution in [0.5, 0.6) is 5.75 Å². The van der Waals surface area contributed by atoms with Crippen molar-refractivity contribution < 1.29 is 17.9 Å². The normalized spacial score (nSPS) is 12.7. The second-order valence-electron chi connectivity index (χ2n) is 6.48. The van der Waals surface area contributed by atoms with Gasteiger partial charge in [-0.1, -0.05) is 0 Å². The molecule has 0 spiro atoms. The van der Waals surface area contributed by atoms with Crippen LogP contribution < -0.4 is 14.8 Å². The fraction of sp³-hybridized carbons (Fsp3) is 0.444. The number of carbonyl (C=O) groups excluding carboxylic acids is 1. The fourth-order valence-corrected chi connectivity index (χ4v) is 3.86. The van der Waals surface area contributed by atoms with Crippen LogP contribution >= 0.6 is 0 Å². The largest absolute Gasteiger partial charge is 0.495 e. The second kappa shape index (κ2) is 8.10. The van der Waals surface area contributed by atoms with Gasteiger partial charge in [-0.3, -0.25) is 9.48 Å². The van der Waals surface area contributed by atoms with Crippen molar-refractivity contribution in [3.63, 3.8) is 0 Å². The van der Waals surface area contributed by atoms with Gasteiger partial charge < -0.3 is 10.1 Å². The molecule has 0 bridgehead atoms. The van der Waals surface area contributed by atoms with Gasteiger partial charge >= 0.3 is 0 Å². The SMILES string of the molecule is COc1ccc(S(=O)(=O)NC[C@H](C)n2nc(C)c(C)c2C)cc1NC(C)=O. The van der Waals surface area contributed by atoms with Crippen LogP contribution in [0.25, 0.3) is 0 Å². The Bertz CT molecular complexity index is 951. The van der Waals surface area contributed by atoms with Crippen LogP contribution in [0.1, 0.15) is 36.8 Å². The minimum absolute atomic E-state index is 0.0452. The van der Waals surface area contributed by atoms with Crippen molar-refractivity contribution in [2.75, 3.05) is 19.0 Å². The number of sulfonamides is 1. The molecule has 1 atom stereocenters. The molecule has 0 radical (unpaired) electrons. The lowest BCUT2D eigenvalue weighted by molar-refractivity contribution is -0.114. The Morgan fingerprint density at radius 2 is 1.96 bits per heavy atom. The lowest BCUT2D eigenvalue weighted by Crippen LogP contribution is -2.30. The molecule has 0 aliphatic rings. The molecule has 2 aromatic rings. The maximum absolute atomic E-state index is 12.7. The molecule has 0 aliphatic heterocycles. The van der Waals surface area contributed by atoms with E-state index in [2.05, 4.69) is 15.1 Å². The number of aromatic nitrogens is 2. The molecule has 0 aliphatic carbocycles. The maximum Gasteiger partial charge on any atom is 0.240 e. The van der Waals surface area contributed by atoms with Gasteiger partial charge in [0.25, 0.3) is 0 Å². The van der Waals surface area contributed by atoms with Crippen molar-refractivity contribution in [1.82, 2.24) is 14.5 Å². The number of amides is 1. The predicted octanol–water partition coefficient (Wildman–Crippen LogP) is 2.31. The van der Waals surface area contributed by atoms with E-state index in [1.807, 2.05) is 32.4 Å². The average molecular weight is 394 g/mol. The first kappa shape index (κ1) is 20.9. The third kappa shape index (κ3) is 4.67. The second-order valence-corrected chi connectivity index (χ2v) is 8.25. The molecule has 1 amide bonds. The number of carbonyl (C=O) groups is 1. The van der Waals surface area contributed by atoms with E-state index in [9.17, 15) is 13.2 Å². The first-order valence-corrected chi connectivity index (χ1v) is 10.0. The molecule has 0 unspecified atom stereocenters. The molecular weight excluding hydrogens is 368 g/mol. The highest BCUT2D eigenvalue weighted by Crippen LogP contribution is 2.27. The number of ether oxygens (including phenoxy) is 1. The van der Waals surface area contributed by atoms with Gasteiger partial charge in [-0.05, 0) is 51.5 Å². The van der Waals surface area contributed by atoms with Gasteiger partial charge in [-0.15, -0.1) is 0 Å². The van der Waals surface area contributed by atoms with Crippen LogP contribution in [0.15, 0.2) is 23.1 Å². The standard InChI is InChI=1S/C18H26N4O4S/c1-11(22-14(4)12(2)13(3)21-22)10-19-27(24,25)16-7-8-18(26-6)17(9-16)20-15(5)23/h7-9,11,19H,10H2,1-6H3,(H,20,23)/t11-/m0/s1. The molecule has 0 saturated heterocycles. The summed E-state index contributed by atoms with van der Waals surface area (Å²) in [6.07, 6.45) is 0. The number of rotatable bonds is 7. The number of hydrogen-bond donors (Lipinski definition) is 2. The van der Waals surface area contributed by atoms with Crippen molar-refractivity contribution >= 4 is 21.6 Å². The van der Waals surface area contributed by atoms with E-state index in [0.29, 0.717) is 11.4 Å². The third-order valence-corrected chi connectivity index (χ3v) is 5.89. The molecule has 0 saturated carbocycles. The first-order valence-electron chi connectivity index (χ1n) is 8.54. The van der Waals surface area contributed by atoms with E-state index < -0.39 is 10.0 Å². The summed E-state index contributed by atoms with van der Waals surface area (Å²) in [5, 5.41) is 7.04. The van der Waals surface area contributed by atoms with E-state index in [4.69, 9.17) is 4.74 Å². The lowest BCUT2D eigenvalue weighted by Gasteiger charge is -2.16. The number of benzene rings is 1. The Labute approximate surface area is 160 Å². The molecule has 1 aromatic heterocycles. The summed E-state index contributed by atoms with van der Waals surface area (Å²) in [6, 6.07) is 4.17. The van der Waals surface area contributed by atoms with Gasteiger partial charge in [0.05, 0.1) is 29.4 Å². The quantitative estimate of drug-likeness (QED) is 0.750.